The molecule has 1 fully saturated rings. The number of hydrogen-bond donors (Lipinski definition) is 0. The summed E-state index contributed by atoms with van der Waals surface area (Å²) in [6.45, 7) is 2.67. The summed E-state index contributed by atoms with van der Waals surface area (Å²) in [5.74, 6) is 1.25. The van der Waals surface area contributed by atoms with Gasteiger partial charge in [0.1, 0.15) is 11.9 Å². The first-order valence-electron chi connectivity index (χ1n) is 11.6. The number of fused-ring (bicyclic) bond motifs is 1. The van der Waals surface area contributed by atoms with Gasteiger partial charge in [-0.05, 0) is 67.0 Å². The van der Waals surface area contributed by atoms with Gasteiger partial charge >= 0.3 is 0 Å². The van der Waals surface area contributed by atoms with Crippen LogP contribution in [0.2, 0.25) is 5.02 Å². The second-order valence-electron chi connectivity index (χ2n) is 9.34. The van der Waals surface area contributed by atoms with E-state index in [4.69, 9.17) is 21.1 Å². The SMILES string of the molecule is COc1ccc(CCN2C(=O)C3=C(C(=O)C4CC(C)CCC4O3)C2c2ccc(Cl)cc2)cc1. The van der Waals surface area contributed by atoms with Crippen LogP contribution < -0.4 is 4.74 Å². The summed E-state index contributed by atoms with van der Waals surface area (Å²) in [7, 11) is 1.64. The van der Waals surface area contributed by atoms with Crippen LogP contribution in [-0.4, -0.2) is 36.3 Å². The fourth-order valence-corrected chi connectivity index (χ4v) is 5.51. The number of carbonyl (C=O) groups is 2. The zero-order valence-corrected chi connectivity index (χ0v) is 19.7. The Morgan fingerprint density at radius 3 is 2.48 bits per heavy atom. The monoisotopic (exact) mass is 465 g/mol. The summed E-state index contributed by atoms with van der Waals surface area (Å²) in [5.41, 5.74) is 2.50. The van der Waals surface area contributed by atoms with Gasteiger partial charge in [-0.15, -0.1) is 0 Å². The minimum absolute atomic E-state index is 0.0769. The molecule has 2 aromatic carbocycles. The lowest BCUT2D eigenvalue weighted by Crippen LogP contribution is -2.41. The number of benzene rings is 2. The number of halogens is 1. The van der Waals surface area contributed by atoms with Gasteiger partial charge in [0, 0.05) is 11.6 Å². The van der Waals surface area contributed by atoms with Gasteiger partial charge in [-0.1, -0.05) is 42.8 Å². The fourth-order valence-electron chi connectivity index (χ4n) is 5.39. The molecule has 33 heavy (non-hydrogen) atoms. The number of Topliss-reactive ketones (excluding diaryl/α,β-unsaturated/α-hetero) is 1. The van der Waals surface area contributed by atoms with Crippen molar-refractivity contribution in [2.75, 3.05) is 13.7 Å². The first-order chi connectivity index (χ1) is 16.0. The van der Waals surface area contributed by atoms with Crippen LogP contribution in [0.25, 0.3) is 0 Å². The lowest BCUT2D eigenvalue weighted by molar-refractivity contribution is -0.136. The summed E-state index contributed by atoms with van der Waals surface area (Å²) in [6, 6.07) is 14.8. The number of ether oxygens (including phenoxy) is 2. The smallest absolute Gasteiger partial charge is 0.290 e. The van der Waals surface area contributed by atoms with Crippen LogP contribution in [-0.2, 0) is 20.7 Å². The van der Waals surface area contributed by atoms with Gasteiger partial charge in [0.05, 0.1) is 24.6 Å². The third-order valence-corrected chi connectivity index (χ3v) is 7.44. The summed E-state index contributed by atoms with van der Waals surface area (Å²) in [4.78, 5) is 29.0. The Morgan fingerprint density at radius 2 is 1.79 bits per heavy atom. The van der Waals surface area contributed by atoms with E-state index < -0.39 is 6.04 Å². The number of rotatable bonds is 5. The maximum atomic E-state index is 13.7. The number of methoxy groups -OCH3 is 1. The number of hydrogen-bond acceptors (Lipinski definition) is 4. The van der Waals surface area contributed by atoms with Crippen molar-refractivity contribution in [3.63, 3.8) is 0 Å². The van der Waals surface area contributed by atoms with Crippen molar-refractivity contribution in [1.29, 1.82) is 0 Å². The van der Waals surface area contributed by atoms with E-state index in [2.05, 4.69) is 6.92 Å². The molecule has 172 valence electrons. The minimum atomic E-state index is -0.450. The third kappa shape index (κ3) is 4.04. The van der Waals surface area contributed by atoms with Crippen molar-refractivity contribution in [3.8, 4) is 5.75 Å². The van der Waals surface area contributed by atoms with Gasteiger partial charge in [-0.3, -0.25) is 9.59 Å². The minimum Gasteiger partial charge on any atom is -0.497 e. The molecule has 0 aromatic heterocycles. The molecule has 0 bridgehead atoms. The first kappa shape index (κ1) is 22.0. The van der Waals surface area contributed by atoms with Crippen molar-refractivity contribution in [2.24, 2.45) is 11.8 Å². The highest BCUT2D eigenvalue weighted by Gasteiger charge is 2.52. The Bertz CT molecular complexity index is 1090. The van der Waals surface area contributed by atoms with Gasteiger partial charge < -0.3 is 14.4 Å². The van der Waals surface area contributed by atoms with Crippen LogP contribution in [0.5, 0.6) is 5.75 Å². The number of amides is 1. The number of ketones is 1. The van der Waals surface area contributed by atoms with Crippen molar-refractivity contribution >= 4 is 23.3 Å². The third-order valence-electron chi connectivity index (χ3n) is 7.19. The van der Waals surface area contributed by atoms with Gasteiger partial charge in [-0.2, -0.15) is 0 Å². The Hall–Kier alpha value is -2.79. The van der Waals surface area contributed by atoms with Crippen molar-refractivity contribution < 1.29 is 19.1 Å². The zero-order chi connectivity index (χ0) is 23.1. The average molecular weight is 466 g/mol. The van der Waals surface area contributed by atoms with Crippen LogP contribution >= 0.6 is 11.6 Å². The quantitative estimate of drug-likeness (QED) is 0.614. The average Bonchev–Trinajstić information content (AvgIpc) is 3.11. The summed E-state index contributed by atoms with van der Waals surface area (Å²) in [5, 5.41) is 0.620. The predicted octanol–water partition coefficient (Wildman–Crippen LogP) is 5.13. The lowest BCUT2D eigenvalue weighted by atomic mass is 9.74. The van der Waals surface area contributed by atoms with Crippen LogP contribution in [0.15, 0.2) is 59.9 Å². The molecule has 4 atom stereocenters. The van der Waals surface area contributed by atoms with Crippen LogP contribution in [0.3, 0.4) is 0 Å². The largest absolute Gasteiger partial charge is 0.497 e. The molecule has 6 heteroatoms. The second-order valence-corrected chi connectivity index (χ2v) is 9.78. The van der Waals surface area contributed by atoms with Crippen LogP contribution in [0.4, 0.5) is 0 Å². The number of nitrogens with zero attached hydrogens (tertiary/aromatic N) is 1. The maximum Gasteiger partial charge on any atom is 0.290 e. The molecule has 0 radical (unpaired) electrons. The molecule has 1 amide bonds. The summed E-state index contributed by atoms with van der Waals surface area (Å²) < 4.78 is 11.5. The molecule has 0 spiro atoms. The Kier molecular flexibility index (Phi) is 5.92. The van der Waals surface area contributed by atoms with E-state index in [1.54, 1.807) is 24.1 Å². The molecular weight excluding hydrogens is 438 g/mol. The topological polar surface area (TPSA) is 55.8 Å². The van der Waals surface area contributed by atoms with Crippen molar-refractivity contribution in [2.45, 2.75) is 44.8 Å². The van der Waals surface area contributed by atoms with E-state index in [1.165, 1.54) is 0 Å². The van der Waals surface area contributed by atoms with E-state index in [-0.39, 0.29) is 29.5 Å². The van der Waals surface area contributed by atoms with E-state index in [1.807, 2.05) is 36.4 Å². The fraction of sp³-hybridized carbons (Fsp3) is 0.407. The summed E-state index contributed by atoms with van der Waals surface area (Å²) in [6.07, 6.45) is 3.13. The highest BCUT2D eigenvalue weighted by molar-refractivity contribution is 6.30. The molecule has 0 N–H and O–H groups in total. The van der Waals surface area contributed by atoms with Gasteiger partial charge in [0.25, 0.3) is 5.91 Å². The van der Waals surface area contributed by atoms with Gasteiger partial charge in [0.2, 0.25) is 0 Å². The first-order valence-corrected chi connectivity index (χ1v) is 12.0. The normalized spacial score (nSPS) is 26.7. The van der Waals surface area contributed by atoms with E-state index in [0.29, 0.717) is 29.5 Å². The molecule has 2 heterocycles. The van der Waals surface area contributed by atoms with Crippen molar-refractivity contribution in [1.82, 2.24) is 4.90 Å². The Morgan fingerprint density at radius 1 is 1.06 bits per heavy atom. The molecule has 0 saturated heterocycles. The molecular formula is C27H28ClNO4. The summed E-state index contributed by atoms with van der Waals surface area (Å²) >= 11 is 6.13. The maximum absolute atomic E-state index is 13.7. The van der Waals surface area contributed by atoms with Crippen LogP contribution in [0.1, 0.15) is 43.4 Å². The molecule has 3 aliphatic rings. The highest BCUT2D eigenvalue weighted by Crippen LogP contribution is 2.47. The molecule has 5 nitrogen and oxygen atoms in total. The van der Waals surface area contributed by atoms with E-state index in [0.717, 1.165) is 36.1 Å². The number of carbonyl (C=O) groups excluding carboxylic acids is 2. The van der Waals surface area contributed by atoms with Crippen molar-refractivity contribution in [3.05, 3.63) is 76.0 Å². The predicted molar refractivity (Wildman–Crippen MR) is 126 cm³/mol. The molecule has 5 rings (SSSR count). The van der Waals surface area contributed by atoms with Crippen LogP contribution in [0, 0.1) is 11.8 Å². The van der Waals surface area contributed by atoms with E-state index in [9.17, 15) is 9.59 Å². The second kappa shape index (κ2) is 8.86. The van der Waals surface area contributed by atoms with Gasteiger partial charge in [-0.25, -0.2) is 0 Å². The lowest BCUT2D eigenvalue weighted by Gasteiger charge is -2.37. The van der Waals surface area contributed by atoms with E-state index >= 15 is 0 Å². The molecule has 4 unspecified atom stereocenters. The zero-order valence-electron chi connectivity index (χ0n) is 18.9. The standard InChI is InChI=1S/C27H28ClNO4/c1-16-3-12-22-21(15-16)25(30)23-24(18-6-8-19(28)9-7-18)29(27(31)26(23)33-22)14-13-17-4-10-20(32-2)11-5-17/h4-11,16,21-22,24H,3,12-15H2,1-2H3. The molecule has 2 aromatic rings. The Balaban J connectivity index is 1.47. The Labute approximate surface area is 199 Å². The molecule has 1 saturated carbocycles. The molecule has 1 aliphatic carbocycles. The highest BCUT2D eigenvalue weighted by atomic mass is 35.5. The molecule has 2 aliphatic heterocycles. The van der Waals surface area contributed by atoms with Gasteiger partial charge in [0.15, 0.2) is 11.5 Å².